The monoisotopic (exact) mass is 354 g/mol. The first-order chi connectivity index (χ1) is 12.7. The standard InChI is InChI=1S/C20H26N4O2/c1-22-7-6-21-19(22)14-24-10-8-23(9-11-24)13-16-12-17-4-3-5-18(25-2)20(17)26-15-16/h3-7,12H,8-11,13-15H2,1-2H3. The van der Waals surface area contributed by atoms with Crippen LogP contribution in [0.1, 0.15) is 11.4 Å². The largest absolute Gasteiger partial charge is 0.493 e. The highest BCUT2D eigenvalue weighted by molar-refractivity contribution is 5.66. The fourth-order valence-corrected chi connectivity index (χ4v) is 3.62. The lowest BCUT2D eigenvalue weighted by Crippen LogP contribution is -2.47. The highest BCUT2D eigenvalue weighted by Gasteiger charge is 2.21. The van der Waals surface area contributed by atoms with E-state index in [-0.39, 0.29) is 0 Å². The molecule has 6 heteroatoms. The van der Waals surface area contributed by atoms with E-state index in [1.165, 1.54) is 5.57 Å². The summed E-state index contributed by atoms with van der Waals surface area (Å²) < 4.78 is 13.4. The third kappa shape index (κ3) is 3.61. The Hall–Kier alpha value is -2.31. The summed E-state index contributed by atoms with van der Waals surface area (Å²) in [7, 11) is 3.74. The summed E-state index contributed by atoms with van der Waals surface area (Å²) >= 11 is 0. The molecule has 4 rings (SSSR count). The number of hydrogen-bond acceptors (Lipinski definition) is 5. The van der Waals surface area contributed by atoms with E-state index in [4.69, 9.17) is 9.47 Å². The maximum absolute atomic E-state index is 5.96. The van der Waals surface area contributed by atoms with Crippen molar-refractivity contribution >= 4 is 6.08 Å². The number of fused-ring (bicyclic) bond motifs is 1. The molecule has 1 aromatic carbocycles. The molecule has 1 aromatic heterocycles. The Kier molecular flexibility index (Phi) is 4.95. The van der Waals surface area contributed by atoms with E-state index >= 15 is 0 Å². The molecule has 1 fully saturated rings. The predicted molar refractivity (Wildman–Crippen MR) is 101 cm³/mol. The molecule has 0 N–H and O–H groups in total. The minimum atomic E-state index is 0.640. The lowest BCUT2D eigenvalue weighted by molar-refractivity contribution is 0.129. The lowest BCUT2D eigenvalue weighted by atomic mass is 10.1. The van der Waals surface area contributed by atoms with Crippen molar-refractivity contribution in [1.82, 2.24) is 19.4 Å². The fraction of sp³-hybridized carbons (Fsp3) is 0.450. The maximum atomic E-state index is 5.96. The van der Waals surface area contributed by atoms with Gasteiger partial charge < -0.3 is 14.0 Å². The van der Waals surface area contributed by atoms with Gasteiger partial charge in [0.25, 0.3) is 0 Å². The van der Waals surface area contributed by atoms with Gasteiger partial charge in [0.05, 0.1) is 13.7 Å². The number of aryl methyl sites for hydroxylation is 1. The van der Waals surface area contributed by atoms with Crippen LogP contribution in [0.2, 0.25) is 0 Å². The minimum Gasteiger partial charge on any atom is -0.493 e. The zero-order valence-corrected chi connectivity index (χ0v) is 15.5. The highest BCUT2D eigenvalue weighted by Crippen LogP contribution is 2.35. The van der Waals surface area contributed by atoms with Crippen LogP contribution in [-0.2, 0) is 13.6 Å². The van der Waals surface area contributed by atoms with Gasteiger partial charge in [-0.2, -0.15) is 0 Å². The normalized spacial score (nSPS) is 18.2. The van der Waals surface area contributed by atoms with E-state index in [9.17, 15) is 0 Å². The van der Waals surface area contributed by atoms with Gasteiger partial charge in [0, 0.05) is 57.7 Å². The number of aromatic nitrogens is 2. The molecule has 6 nitrogen and oxygen atoms in total. The lowest BCUT2D eigenvalue weighted by Gasteiger charge is -2.35. The molecule has 0 unspecified atom stereocenters. The predicted octanol–water partition coefficient (Wildman–Crippen LogP) is 2.02. The van der Waals surface area contributed by atoms with Crippen molar-refractivity contribution in [3.63, 3.8) is 0 Å². The van der Waals surface area contributed by atoms with Crippen LogP contribution in [0.25, 0.3) is 6.08 Å². The Labute approximate surface area is 154 Å². The number of benzene rings is 1. The van der Waals surface area contributed by atoms with Crippen molar-refractivity contribution in [2.45, 2.75) is 6.54 Å². The molecule has 2 aliphatic heterocycles. The van der Waals surface area contributed by atoms with Crippen molar-refractivity contribution in [2.75, 3.05) is 46.4 Å². The zero-order valence-electron chi connectivity index (χ0n) is 15.5. The first-order valence-electron chi connectivity index (χ1n) is 9.13. The van der Waals surface area contributed by atoms with Crippen molar-refractivity contribution in [3.05, 3.63) is 47.6 Å². The summed E-state index contributed by atoms with van der Waals surface area (Å²) in [4.78, 5) is 9.42. The van der Waals surface area contributed by atoms with Crippen molar-refractivity contribution in [3.8, 4) is 11.5 Å². The van der Waals surface area contributed by atoms with Crippen molar-refractivity contribution < 1.29 is 9.47 Å². The molecular weight excluding hydrogens is 328 g/mol. The molecule has 0 atom stereocenters. The van der Waals surface area contributed by atoms with Gasteiger partial charge in [-0.15, -0.1) is 0 Å². The quantitative estimate of drug-likeness (QED) is 0.822. The number of methoxy groups -OCH3 is 1. The molecule has 26 heavy (non-hydrogen) atoms. The van der Waals surface area contributed by atoms with Crippen LogP contribution in [0.4, 0.5) is 0 Å². The number of ether oxygens (including phenoxy) is 2. The van der Waals surface area contributed by atoms with Crippen LogP contribution in [0.3, 0.4) is 0 Å². The first kappa shape index (κ1) is 17.1. The Morgan fingerprint density at radius 1 is 1.12 bits per heavy atom. The number of hydrogen-bond donors (Lipinski definition) is 0. The number of imidazole rings is 1. The molecule has 0 bridgehead atoms. The first-order valence-corrected chi connectivity index (χ1v) is 9.13. The van der Waals surface area contributed by atoms with Gasteiger partial charge in [0.2, 0.25) is 0 Å². The van der Waals surface area contributed by atoms with E-state index in [2.05, 4.69) is 38.5 Å². The summed E-state index contributed by atoms with van der Waals surface area (Å²) in [5.74, 6) is 2.80. The van der Waals surface area contributed by atoms with Crippen LogP contribution in [-0.4, -0.2) is 65.8 Å². The fourth-order valence-electron chi connectivity index (χ4n) is 3.62. The van der Waals surface area contributed by atoms with Gasteiger partial charge in [0.15, 0.2) is 11.5 Å². The topological polar surface area (TPSA) is 42.8 Å². The van der Waals surface area contributed by atoms with E-state index < -0.39 is 0 Å². The molecular formula is C20H26N4O2. The van der Waals surface area contributed by atoms with E-state index in [0.29, 0.717) is 6.61 Å². The summed E-state index contributed by atoms with van der Waals surface area (Å²) in [6.45, 7) is 6.83. The number of rotatable bonds is 5. The van der Waals surface area contributed by atoms with E-state index in [1.54, 1.807) is 7.11 Å². The number of piperazine rings is 1. The minimum absolute atomic E-state index is 0.640. The summed E-state index contributed by atoms with van der Waals surface area (Å²) in [5, 5.41) is 0. The van der Waals surface area contributed by atoms with Crippen LogP contribution >= 0.6 is 0 Å². The summed E-state index contributed by atoms with van der Waals surface area (Å²) in [6, 6.07) is 6.04. The molecule has 0 aliphatic carbocycles. The SMILES string of the molecule is COc1cccc2c1OCC(CN1CCN(Cc3nccn3C)CC1)=C2. The second-order valence-electron chi connectivity index (χ2n) is 6.98. The van der Waals surface area contributed by atoms with E-state index in [0.717, 1.165) is 62.2 Å². The maximum Gasteiger partial charge on any atom is 0.168 e. The van der Waals surface area contributed by atoms with E-state index in [1.807, 2.05) is 24.5 Å². The van der Waals surface area contributed by atoms with Crippen LogP contribution in [0.5, 0.6) is 11.5 Å². The Morgan fingerprint density at radius 3 is 2.58 bits per heavy atom. The Bertz CT molecular complexity index is 791. The molecule has 138 valence electrons. The van der Waals surface area contributed by atoms with Gasteiger partial charge in [-0.05, 0) is 17.7 Å². The molecule has 2 aliphatic rings. The Balaban J connectivity index is 1.33. The van der Waals surface area contributed by atoms with Crippen molar-refractivity contribution in [2.24, 2.45) is 7.05 Å². The third-order valence-electron chi connectivity index (χ3n) is 5.17. The van der Waals surface area contributed by atoms with Gasteiger partial charge in [0.1, 0.15) is 12.4 Å². The van der Waals surface area contributed by atoms with Gasteiger partial charge in [-0.3, -0.25) is 9.80 Å². The molecule has 0 saturated carbocycles. The molecule has 0 amide bonds. The van der Waals surface area contributed by atoms with Crippen LogP contribution in [0, 0.1) is 0 Å². The molecule has 0 spiro atoms. The van der Waals surface area contributed by atoms with Gasteiger partial charge in [-0.1, -0.05) is 12.1 Å². The average molecular weight is 354 g/mol. The highest BCUT2D eigenvalue weighted by atomic mass is 16.5. The van der Waals surface area contributed by atoms with Crippen molar-refractivity contribution in [1.29, 1.82) is 0 Å². The summed E-state index contributed by atoms with van der Waals surface area (Å²) in [5.41, 5.74) is 2.43. The molecule has 2 aromatic rings. The second kappa shape index (κ2) is 7.51. The second-order valence-corrected chi connectivity index (χ2v) is 6.98. The third-order valence-corrected chi connectivity index (χ3v) is 5.17. The zero-order chi connectivity index (χ0) is 17.9. The smallest absolute Gasteiger partial charge is 0.168 e. The molecule has 1 saturated heterocycles. The molecule has 0 radical (unpaired) electrons. The average Bonchev–Trinajstić information content (AvgIpc) is 3.07. The number of nitrogens with zero attached hydrogens (tertiary/aromatic N) is 4. The number of para-hydroxylation sites is 1. The van der Waals surface area contributed by atoms with Gasteiger partial charge >= 0.3 is 0 Å². The van der Waals surface area contributed by atoms with Crippen LogP contribution in [0.15, 0.2) is 36.2 Å². The van der Waals surface area contributed by atoms with Gasteiger partial charge in [-0.25, -0.2) is 4.98 Å². The van der Waals surface area contributed by atoms with Crippen LogP contribution < -0.4 is 9.47 Å². The summed E-state index contributed by atoms with van der Waals surface area (Å²) in [6.07, 6.45) is 6.13. The molecule has 3 heterocycles. The Morgan fingerprint density at radius 2 is 1.88 bits per heavy atom.